The second-order valence-electron chi connectivity index (χ2n) is 3.38. The Labute approximate surface area is 97.8 Å². The van der Waals surface area contributed by atoms with Gasteiger partial charge in [0.1, 0.15) is 6.07 Å². The van der Waals surface area contributed by atoms with E-state index in [1.54, 1.807) is 0 Å². The van der Waals surface area contributed by atoms with Gasteiger partial charge >= 0.3 is 6.18 Å². The minimum absolute atomic E-state index is 0.0818. The van der Waals surface area contributed by atoms with Crippen LogP contribution in [0.25, 0.3) is 0 Å². The van der Waals surface area contributed by atoms with E-state index in [9.17, 15) is 13.2 Å². The first-order chi connectivity index (χ1) is 7.43. The zero-order chi connectivity index (χ0) is 11.9. The van der Waals surface area contributed by atoms with Gasteiger partial charge in [0.15, 0.2) is 6.10 Å². The molecule has 16 heavy (non-hydrogen) atoms. The van der Waals surface area contributed by atoms with Gasteiger partial charge in [-0.05, 0) is 39.2 Å². The van der Waals surface area contributed by atoms with Crippen LogP contribution in [0.15, 0.2) is 16.6 Å². The Hall–Kier alpha value is -1.06. The lowest BCUT2D eigenvalue weighted by Gasteiger charge is -2.15. The van der Waals surface area contributed by atoms with Crippen LogP contribution >= 0.6 is 15.9 Å². The molecule has 0 bridgehead atoms. The first-order valence-electron chi connectivity index (χ1n) is 4.34. The largest absolute Gasteiger partial charge is 0.418 e. The highest BCUT2D eigenvalue weighted by atomic mass is 79.9. The lowest BCUT2D eigenvalue weighted by molar-refractivity contribution is -0.219. The van der Waals surface area contributed by atoms with E-state index in [4.69, 9.17) is 5.26 Å². The van der Waals surface area contributed by atoms with E-state index in [1.807, 2.05) is 6.07 Å². The zero-order valence-electron chi connectivity index (χ0n) is 7.81. The summed E-state index contributed by atoms with van der Waals surface area (Å²) in [6.07, 6.45) is -6.30. The summed E-state index contributed by atoms with van der Waals surface area (Å²) in [7, 11) is 0. The summed E-state index contributed by atoms with van der Waals surface area (Å²) < 4.78 is 42.7. The maximum atomic E-state index is 12.5. The van der Waals surface area contributed by atoms with Crippen molar-refractivity contribution >= 4 is 15.9 Å². The monoisotopic (exact) mass is 291 g/mol. The molecular formula is C10H5BrF3NO. The molecule has 0 aromatic heterocycles. The highest BCUT2D eigenvalue weighted by molar-refractivity contribution is 9.10. The van der Waals surface area contributed by atoms with Crippen LogP contribution in [0.3, 0.4) is 0 Å². The summed E-state index contributed by atoms with van der Waals surface area (Å²) in [4.78, 5) is 0. The molecule has 1 aliphatic heterocycles. The van der Waals surface area contributed by atoms with Crippen LogP contribution in [0.2, 0.25) is 0 Å². The molecule has 2 nitrogen and oxygen atoms in total. The van der Waals surface area contributed by atoms with Crippen molar-refractivity contribution < 1.29 is 17.9 Å². The maximum absolute atomic E-state index is 12.5. The normalized spacial score (nSPS) is 19.3. The van der Waals surface area contributed by atoms with Crippen molar-refractivity contribution in [2.75, 3.05) is 0 Å². The quantitative estimate of drug-likeness (QED) is 0.733. The number of halogens is 4. The van der Waals surface area contributed by atoms with Gasteiger partial charge in [-0.1, -0.05) is 0 Å². The Morgan fingerprint density at radius 2 is 2.12 bits per heavy atom. The standard InChI is InChI=1S/C10H5BrF3NO/c11-8-2-7-6(1-5(8)3-15)4-16-9(7)10(12,13)14/h1-2,9H,4H2. The average Bonchev–Trinajstić information content (AvgIpc) is 2.58. The van der Waals surface area contributed by atoms with Crippen LogP contribution in [0.1, 0.15) is 22.8 Å². The Bertz CT molecular complexity index is 478. The summed E-state index contributed by atoms with van der Waals surface area (Å²) in [6.45, 7) is -0.110. The van der Waals surface area contributed by atoms with Gasteiger partial charge < -0.3 is 4.74 Å². The fraction of sp³-hybridized carbons (Fsp3) is 0.300. The number of fused-ring (bicyclic) bond motifs is 1. The molecule has 0 N–H and O–H groups in total. The maximum Gasteiger partial charge on any atom is 0.418 e. The Balaban J connectivity index is 2.50. The molecule has 0 radical (unpaired) electrons. The molecule has 0 fully saturated rings. The van der Waals surface area contributed by atoms with Crippen LogP contribution in [-0.4, -0.2) is 6.18 Å². The van der Waals surface area contributed by atoms with Gasteiger partial charge in [-0.3, -0.25) is 0 Å². The number of hydrogen-bond donors (Lipinski definition) is 0. The summed E-state index contributed by atoms with van der Waals surface area (Å²) in [6, 6.07) is 4.62. The van der Waals surface area contributed by atoms with Gasteiger partial charge in [-0.15, -0.1) is 0 Å². The molecule has 1 aromatic rings. The van der Waals surface area contributed by atoms with Gasteiger partial charge in [0.25, 0.3) is 0 Å². The molecule has 6 heteroatoms. The minimum Gasteiger partial charge on any atom is -0.359 e. The highest BCUT2D eigenvalue weighted by Gasteiger charge is 2.46. The van der Waals surface area contributed by atoms with Crippen molar-refractivity contribution in [3.63, 3.8) is 0 Å². The third kappa shape index (κ3) is 1.81. The van der Waals surface area contributed by atoms with E-state index >= 15 is 0 Å². The smallest absolute Gasteiger partial charge is 0.359 e. The van der Waals surface area contributed by atoms with Crippen molar-refractivity contribution in [2.24, 2.45) is 0 Å². The summed E-state index contributed by atoms with van der Waals surface area (Å²) >= 11 is 3.06. The molecule has 0 amide bonds. The Morgan fingerprint density at radius 1 is 1.44 bits per heavy atom. The highest BCUT2D eigenvalue weighted by Crippen LogP contribution is 2.43. The fourth-order valence-corrected chi connectivity index (χ4v) is 2.07. The fourth-order valence-electron chi connectivity index (χ4n) is 1.62. The number of nitrogens with zero attached hydrogens (tertiary/aromatic N) is 1. The van der Waals surface area contributed by atoms with Gasteiger partial charge in [0.2, 0.25) is 0 Å². The Morgan fingerprint density at radius 3 is 2.69 bits per heavy atom. The molecule has 1 aliphatic rings. The van der Waals surface area contributed by atoms with E-state index in [-0.39, 0.29) is 12.2 Å². The van der Waals surface area contributed by atoms with E-state index in [1.165, 1.54) is 12.1 Å². The minimum atomic E-state index is -4.42. The van der Waals surface area contributed by atoms with Crippen molar-refractivity contribution in [1.82, 2.24) is 0 Å². The number of rotatable bonds is 0. The van der Waals surface area contributed by atoms with Crippen LogP contribution < -0.4 is 0 Å². The zero-order valence-corrected chi connectivity index (χ0v) is 9.39. The van der Waals surface area contributed by atoms with Crippen molar-refractivity contribution in [2.45, 2.75) is 18.9 Å². The molecule has 84 valence electrons. The van der Waals surface area contributed by atoms with Crippen molar-refractivity contribution in [3.8, 4) is 6.07 Å². The predicted molar refractivity (Wildman–Crippen MR) is 52.4 cm³/mol. The van der Waals surface area contributed by atoms with Gasteiger partial charge in [-0.25, -0.2) is 0 Å². The van der Waals surface area contributed by atoms with E-state index in [0.717, 1.165) is 0 Å². The molecule has 1 aromatic carbocycles. The van der Waals surface area contributed by atoms with Gasteiger partial charge in [-0.2, -0.15) is 18.4 Å². The summed E-state index contributed by atoms with van der Waals surface area (Å²) in [5.41, 5.74) is 0.811. The third-order valence-electron chi connectivity index (χ3n) is 2.33. The van der Waals surface area contributed by atoms with Gasteiger partial charge in [0.05, 0.1) is 12.2 Å². The van der Waals surface area contributed by atoms with Crippen molar-refractivity contribution in [1.29, 1.82) is 5.26 Å². The molecule has 0 saturated carbocycles. The van der Waals surface area contributed by atoms with E-state index < -0.39 is 12.3 Å². The van der Waals surface area contributed by atoms with E-state index in [0.29, 0.717) is 15.6 Å². The Kier molecular flexibility index (Phi) is 2.68. The molecule has 0 aliphatic carbocycles. The van der Waals surface area contributed by atoms with Crippen LogP contribution in [0.5, 0.6) is 0 Å². The molecule has 1 unspecified atom stereocenters. The van der Waals surface area contributed by atoms with Crippen LogP contribution in [0, 0.1) is 11.3 Å². The molecule has 1 heterocycles. The number of ether oxygens (including phenoxy) is 1. The topological polar surface area (TPSA) is 33.0 Å². The second-order valence-corrected chi connectivity index (χ2v) is 4.23. The number of nitriles is 1. The SMILES string of the molecule is N#Cc1cc2c(cc1Br)C(C(F)(F)F)OC2. The number of hydrogen-bond acceptors (Lipinski definition) is 2. The lowest BCUT2D eigenvalue weighted by Crippen LogP contribution is -2.19. The lowest BCUT2D eigenvalue weighted by atomic mass is 10.0. The number of benzene rings is 1. The van der Waals surface area contributed by atoms with Gasteiger partial charge in [0, 0.05) is 4.47 Å². The first kappa shape index (κ1) is 11.4. The molecule has 0 spiro atoms. The predicted octanol–water partition coefficient (Wildman–Crippen LogP) is 3.45. The molecule has 2 rings (SSSR count). The average molecular weight is 292 g/mol. The van der Waals surface area contributed by atoms with Crippen molar-refractivity contribution in [3.05, 3.63) is 33.3 Å². The third-order valence-corrected chi connectivity index (χ3v) is 2.99. The van der Waals surface area contributed by atoms with E-state index in [2.05, 4.69) is 20.7 Å². The van der Waals surface area contributed by atoms with Crippen LogP contribution in [0.4, 0.5) is 13.2 Å². The van der Waals surface area contributed by atoms with Crippen LogP contribution in [-0.2, 0) is 11.3 Å². The first-order valence-corrected chi connectivity index (χ1v) is 5.13. The summed E-state index contributed by atoms with van der Waals surface area (Å²) in [5.74, 6) is 0. The molecular weight excluding hydrogens is 287 g/mol. The molecule has 0 saturated heterocycles. The summed E-state index contributed by atoms with van der Waals surface area (Å²) in [5, 5.41) is 8.73. The second kappa shape index (κ2) is 3.75. The molecule has 1 atom stereocenters. The number of alkyl halides is 3.